The summed E-state index contributed by atoms with van der Waals surface area (Å²) in [5, 5.41) is 22.0. The third-order valence-corrected chi connectivity index (χ3v) is 4.74. The highest BCUT2D eigenvalue weighted by Gasteiger charge is 2.17. The van der Waals surface area contributed by atoms with E-state index >= 15 is 0 Å². The topological polar surface area (TPSA) is 112 Å². The minimum Gasteiger partial charge on any atom is -0.507 e. The van der Waals surface area contributed by atoms with E-state index in [1.54, 1.807) is 26.1 Å². The maximum atomic E-state index is 14.2. The molecule has 0 saturated heterocycles. The molecule has 3 rings (SSSR count). The molecule has 0 aliphatic carbocycles. The highest BCUT2D eigenvalue weighted by molar-refractivity contribution is 5.99. The number of phenols is 1. The van der Waals surface area contributed by atoms with Crippen LogP contribution in [0.4, 0.5) is 26.0 Å². The molecule has 0 fully saturated rings. The molecule has 1 aromatic heterocycles. The number of anilines is 3. The number of nitrogens with two attached hydrogens (primary N) is 1. The van der Waals surface area contributed by atoms with Gasteiger partial charge in [-0.2, -0.15) is 0 Å². The summed E-state index contributed by atoms with van der Waals surface area (Å²) in [5.74, 6) is -2.04. The van der Waals surface area contributed by atoms with Crippen molar-refractivity contribution in [1.82, 2.24) is 10.3 Å². The van der Waals surface area contributed by atoms with E-state index in [0.29, 0.717) is 16.9 Å². The predicted molar refractivity (Wildman–Crippen MR) is 114 cm³/mol. The second-order valence-electron chi connectivity index (χ2n) is 7.04. The monoisotopic (exact) mass is 428 g/mol. The second kappa shape index (κ2) is 8.97. The number of hydrogen-bond donors (Lipinski definition) is 4. The van der Waals surface area contributed by atoms with E-state index in [0.717, 1.165) is 12.1 Å². The number of aliphatic hydroxyl groups is 1. The Hall–Kier alpha value is -3.72. The number of hydrogen-bond acceptors (Lipinski definition) is 6. The number of aromatic hydroxyl groups is 1. The molecule has 3 aromatic rings. The Morgan fingerprint density at radius 1 is 1.19 bits per heavy atom. The van der Waals surface area contributed by atoms with Crippen molar-refractivity contribution in [2.45, 2.75) is 13.0 Å². The minimum absolute atomic E-state index is 0.0529. The number of nitrogen functional groups attached to an aromatic ring is 1. The van der Waals surface area contributed by atoms with Crippen LogP contribution in [0.2, 0.25) is 0 Å². The largest absolute Gasteiger partial charge is 0.507 e. The first-order valence-electron chi connectivity index (χ1n) is 9.41. The Labute approximate surface area is 177 Å². The average Bonchev–Trinajstić information content (AvgIpc) is 2.73. The fourth-order valence-electron chi connectivity index (χ4n) is 2.99. The normalized spacial score (nSPS) is 11.8. The summed E-state index contributed by atoms with van der Waals surface area (Å²) in [7, 11) is 1.60. The van der Waals surface area contributed by atoms with Crippen LogP contribution < -0.4 is 16.0 Å². The van der Waals surface area contributed by atoms with Crippen molar-refractivity contribution in [2.75, 3.05) is 24.3 Å². The average molecular weight is 428 g/mol. The molecular weight excluding hydrogens is 406 g/mol. The predicted octanol–water partition coefficient (Wildman–Crippen LogP) is 3.19. The first-order chi connectivity index (χ1) is 14.7. The quantitative estimate of drug-likeness (QED) is 0.480. The zero-order valence-corrected chi connectivity index (χ0v) is 16.9. The van der Waals surface area contributed by atoms with E-state index in [1.807, 2.05) is 0 Å². The summed E-state index contributed by atoms with van der Waals surface area (Å²) in [6.07, 6.45) is 0. The summed E-state index contributed by atoms with van der Waals surface area (Å²) in [6.45, 7) is 1.42. The van der Waals surface area contributed by atoms with Gasteiger partial charge >= 0.3 is 0 Å². The Kier molecular flexibility index (Phi) is 6.36. The number of aliphatic hydroxyl groups excluding tert-OH is 1. The number of amides is 1. The molecule has 1 atom stereocenters. The van der Waals surface area contributed by atoms with Crippen molar-refractivity contribution in [2.24, 2.45) is 0 Å². The van der Waals surface area contributed by atoms with E-state index in [4.69, 9.17) is 10.8 Å². The van der Waals surface area contributed by atoms with Crippen LogP contribution in [0, 0.1) is 11.6 Å². The van der Waals surface area contributed by atoms with Crippen molar-refractivity contribution < 1.29 is 23.8 Å². The van der Waals surface area contributed by atoms with Crippen LogP contribution in [0.3, 0.4) is 0 Å². The molecule has 1 amide bonds. The second-order valence-corrected chi connectivity index (χ2v) is 7.04. The van der Waals surface area contributed by atoms with Gasteiger partial charge in [0.25, 0.3) is 5.91 Å². The summed E-state index contributed by atoms with van der Waals surface area (Å²) < 4.78 is 27.4. The number of phenolic OH excluding ortho intramolecular Hbond substituents is 1. The molecular formula is C22H22F2N4O3. The van der Waals surface area contributed by atoms with Gasteiger partial charge in [0.2, 0.25) is 0 Å². The zero-order chi connectivity index (χ0) is 22.7. The van der Waals surface area contributed by atoms with Gasteiger partial charge in [-0.05, 0) is 49.4 Å². The molecule has 0 saturated carbocycles. The zero-order valence-electron chi connectivity index (χ0n) is 16.9. The van der Waals surface area contributed by atoms with E-state index in [-0.39, 0.29) is 29.4 Å². The molecule has 5 N–H and O–H groups in total. The van der Waals surface area contributed by atoms with Gasteiger partial charge in [0, 0.05) is 30.4 Å². The molecule has 7 nitrogen and oxygen atoms in total. The Morgan fingerprint density at radius 2 is 1.94 bits per heavy atom. The molecule has 0 radical (unpaired) electrons. The van der Waals surface area contributed by atoms with Crippen LogP contribution in [-0.4, -0.2) is 40.8 Å². The van der Waals surface area contributed by atoms with Crippen LogP contribution in [0.5, 0.6) is 5.75 Å². The first kappa shape index (κ1) is 22.0. The number of nitrogens with zero attached hydrogens (tertiary/aromatic N) is 2. The van der Waals surface area contributed by atoms with Crippen LogP contribution >= 0.6 is 0 Å². The molecule has 9 heteroatoms. The van der Waals surface area contributed by atoms with Gasteiger partial charge in [0.1, 0.15) is 23.2 Å². The van der Waals surface area contributed by atoms with Gasteiger partial charge in [-0.3, -0.25) is 4.79 Å². The van der Waals surface area contributed by atoms with Gasteiger partial charge < -0.3 is 26.2 Å². The molecule has 162 valence electrons. The molecule has 1 heterocycles. The first-order valence-corrected chi connectivity index (χ1v) is 9.41. The Bertz CT molecular complexity index is 1120. The van der Waals surface area contributed by atoms with Crippen LogP contribution in [-0.2, 0) is 0 Å². The van der Waals surface area contributed by atoms with Crippen LogP contribution in [0.1, 0.15) is 17.3 Å². The summed E-state index contributed by atoms with van der Waals surface area (Å²) in [5.41, 5.74) is 7.34. The van der Waals surface area contributed by atoms with E-state index in [1.165, 1.54) is 29.2 Å². The number of aromatic nitrogens is 1. The number of benzene rings is 2. The molecule has 0 spiro atoms. The molecule has 1 unspecified atom stereocenters. The van der Waals surface area contributed by atoms with Crippen molar-refractivity contribution in [3.8, 4) is 17.0 Å². The standard InChI is InChI=1S/C22H22F2N4O3/c1-12(11-29)26-22(31)15-5-6-18(27-21(15)25)16-10-14(4-8-20(16)30)28(2)19-7-3-13(23)9-17(19)24/h3-10,12,29-30H,11H2,1-2H3,(H2,25,27)(H,26,31). The Balaban J connectivity index is 1.95. The van der Waals surface area contributed by atoms with Crippen molar-refractivity contribution >= 4 is 23.1 Å². The molecule has 31 heavy (non-hydrogen) atoms. The van der Waals surface area contributed by atoms with E-state index in [9.17, 15) is 18.7 Å². The SMILES string of the molecule is CC(CO)NC(=O)c1ccc(-c2cc(N(C)c3ccc(F)cc3F)ccc2O)nc1N. The highest BCUT2D eigenvalue weighted by Crippen LogP contribution is 2.35. The number of pyridine rings is 1. The maximum Gasteiger partial charge on any atom is 0.255 e. The number of carbonyl (C=O) groups excluding carboxylic acids is 1. The molecule has 0 aliphatic rings. The lowest BCUT2D eigenvalue weighted by Crippen LogP contribution is -2.35. The van der Waals surface area contributed by atoms with Crippen LogP contribution in [0.15, 0.2) is 48.5 Å². The third-order valence-electron chi connectivity index (χ3n) is 4.74. The minimum atomic E-state index is -0.730. The lowest BCUT2D eigenvalue weighted by atomic mass is 10.1. The lowest BCUT2D eigenvalue weighted by Gasteiger charge is -2.21. The van der Waals surface area contributed by atoms with Crippen molar-refractivity contribution in [1.29, 1.82) is 0 Å². The highest BCUT2D eigenvalue weighted by atomic mass is 19.1. The van der Waals surface area contributed by atoms with Crippen LogP contribution in [0.25, 0.3) is 11.3 Å². The summed E-state index contributed by atoms with van der Waals surface area (Å²) in [6, 6.07) is 10.4. The fourth-order valence-corrected chi connectivity index (χ4v) is 2.99. The van der Waals surface area contributed by atoms with Gasteiger partial charge in [-0.1, -0.05) is 0 Å². The van der Waals surface area contributed by atoms with Gasteiger partial charge in [0.15, 0.2) is 0 Å². The van der Waals surface area contributed by atoms with Gasteiger partial charge in [0.05, 0.1) is 23.6 Å². The fraction of sp³-hybridized carbons (Fsp3) is 0.182. The smallest absolute Gasteiger partial charge is 0.255 e. The third kappa shape index (κ3) is 4.72. The lowest BCUT2D eigenvalue weighted by molar-refractivity contribution is 0.0923. The van der Waals surface area contributed by atoms with Gasteiger partial charge in [-0.15, -0.1) is 0 Å². The van der Waals surface area contributed by atoms with E-state index < -0.39 is 23.6 Å². The van der Waals surface area contributed by atoms with Gasteiger partial charge in [-0.25, -0.2) is 13.8 Å². The Morgan fingerprint density at radius 3 is 2.58 bits per heavy atom. The summed E-state index contributed by atoms with van der Waals surface area (Å²) in [4.78, 5) is 18.0. The number of carbonyl (C=O) groups is 1. The van der Waals surface area contributed by atoms with Crippen molar-refractivity contribution in [3.63, 3.8) is 0 Å². The van der Waals surface area contributed by atoms with E-state index in [2.05, 4.69) is 10.3 Å². The maximum absolute atomic E-state index is 14.2. The van der Waals surface area contributed by atoms with Crippen molar-refractivity contribution in [3.05, 3.63) is 65.7 Å². The number of rotatable bonds is 6. The summed E-state index contributed by atoms with van der Waals surface area (Å²) >= 11 is 0. The molecule has 0 bridgehead atoms. The molecule has 2 aromatic carbocycles. The number of nitrogens with one attached hydrogen (secondary N) is 1. The molecule has 0 aliphatic heterocycles. The number of halogens is 2.